The summed E-state index contributed by atoms with van der Waals surface area (Å²) in [5.74, 6) is -1.54. The number of benzene rings is 2. The number of anilines is 2. The van der Waals surface area contributed by atoms with Gasteiger partial charge in [-0.15, -0.1) is 0 Å². The Balaban J connectivity index is 0.000000218. The molecule has 3 aliphatic heterocycles. The number of nitrogens with two attached hydrogens (primary N) is 3. The predicted molar refractivity (Wildman–Crippen MR) is 401 cm³/mol. The van der Waals surface area contributed by atoms with Gasteiger partial charge in [-0.05, 0) is 202 Å². The molecule has 3 atom stereocenters. The Hall–Kier alpha value is -8.13. The van der Waals surface area contributed by atoms with E-state index in [0.717, 1.165) is 106 Å². The molecule has 3 saturated heterocycles. The first-order chi connectivity index (χ1) is 49.4. The SMILES string of the molecule is CC1(C)C[C@@H](CCCN)CN1c1nc(Cl)ccc1C(=O)NS(=O)(=O)c1cccc(F)n1.CC1(C)C[C@@H](CCCNC(=O)OCc2ccccc2)CN1.CC1(C)C[C@@H](CCCNC(=O)OCc2ccccc2)CN1c1nc(Cl)ccc1C(N)=O.NC(=O)c1ccc(Cl)nc1Cl.O=S(=O)(Cl)c1cccc(F)n1. The van der Waals surface area contributed by atoms with Crippen LogP contribution in [0.2, 0.25) is 20.6 Å². The predicted octanol–water partition coefficient (Wildman–Crippen LogP) is 12.6. The first-order valence-electron chi connectivity index (χ1n) is 33.4. The van der Waals surface area contributed by atoms with E-state index in [4.69, 9.17) is 83.8 Å². The third-order valence-electron chi connectivity index (χ3n) is 16.9. The summed E-state index contributed by atoms with van der Waals surface area (Å²) in [6.45, 7) is 17.7. The standard InChI is InChI=1S/C23H29ClN4O3.C20H25ClFN5O3S.C17H26N2O2.C6H4Cl2N2O.C5H3ClFNO2S/c1-23(2)13-17(14-28(23)21-18(20(25)29)10-11-19(24)27-21)9-6-12-26-22(30)31-15-16-7-4-3-5-8-16;1-20(2)11-13(5-4-10-23)12-27(20)18-14(8-9-15(21)24-18)19(28)26-31(29,30)17-7-3-6-16(22)25-17;1-17(2)11-15(12-19-17)9-6-10-18-16(20)21-13-14-7-4-3-5-8-14;7-4-2-1-3(6(9)11)5(8)10-4;6-11(9,10)5-3-1-2-4(7)8-5/h3-5,7-8,10-11,17H,6,9,12-15H2,1-2H3,(H2,25,29)(H,26,30);3,6-9,13H,4-5,10-12,23H2,1-2H3,(H,26,28);3-5,7-8,15,19H,6,9-13H2,1-2H3,(H,18,20);1-2H,(H2,9,11);1-3H/t17-;13-;15-;;/m111../s1. The van der Waals surface area contributed by atoms with Gasteiger partial charge in [-0.25, -0.2) is 47.6 Å². The van der Waals surface area contributed by atoms with Gasteiger partial charge in [0, 0.05) is 53.5 Å². The van der Waals surface area contributed by atoms with E-state index < -0.39 is 64.8 Å². The number of nitrogens with one attached hydrogen (secondary N) is 4. The molecule has 0 saturated carbocycles. The summed E-state index contributed by atoms with van der Waals surface area (Å²) in [6, 6.07) is 34.9. The quantitative estimate of drug-likeness (QED) is 0.0178. The first kappa shape index (κ1) is 85.8. The van der Waals surface area contributed by atoms with Gasteiger partial charge < -0.3 is 52.4 Å². The van der Waals surface area contributed by atoms with E-state index >= 15 is 0 Å². The second kappa shape index (κ2) is 40.0. The lowest BCUT2D eigenvalue weighted by Crippen LogP contribution is -2.41. The van der Waals surface area contributed by atoms with Gasteiger partial charge in [-0.1, -0.05) is 119 Å². The van der Waals surface area contributed by atoms with Gasteiger partial charge >= 0.3 is 12.2 Å². The average Bonchev–Trinajstić information content (AvgIpc) is 1.70. The molecular weight excluding hydrogens is 1500 g/mol. The lowest BCUT2D eigenvalue weighted by molar-refractivity contribution is 0.0976. The molecular formula is C71H87Cl5F2N14O11S2. The van der Waals surface area contributed by atoms with Crippen LogP contribution in [0.1, 0.15) is 142 Å². The maximum Gasteiger partial charge on any atom is 0.407 e. The molecule has 0 radical (unpaired) electrons. The molecule has 3 aliphatic rings. The van der Waals surface area contributed by atoms with Crippen molar-refractivity contribution < 1.29 is 59.1 Å². The molecule has 25 nitrogen and oxygen atoms in total. The van der Waals surface area contributed by atoms with Crippen LogP contribution in [-0.4, -0.2) is 128 Å². The second-order valence-electron chi connectivity index (χ2n) is 26.7. The van der Waals surface area contributed by atoms with Gasteiger partial charge in [0.05, 0.1) is 16.7 Å². The van der Waals surface area contributed by atoms with E-state index in [0.29, 0.717) is 67.0 Å². The Morgan fingerprint density at radius 2 is 0.971 bits per heavy atom. The van der Waals surface area contributed by atoms with Crippen molar-refractivity contribution in [3.8, 4) is 0 Å². The van der Waals surface area contributed by atoms with Crippen molar-refractivity contribution in [2.24, 2.45) is 35.0 Å². The number of amides is 5. The topological polar surface area (TPSA) is 369 Å². The minimum absolute atomic E-state index is 0.0324. The highest BCUT2D eigenvalue weighted by Crippen LogP contribution is 2.41. The van der Waals surface area contributed by atoms with Crippen LogP contribution in [0.15, 0.2) is 144 Å². The Kier molecular flexibility index (Phi) is 32.7. The van der Waals surface area contributed by atoms with Crippen molar-refractivity contribution in [1.82, 2.24) is 45.6 Å². The molecule has 34 heteroatoms. The molecule has 568 valence electrons. The summed E-state index contributed by atoms with van der Waals surface area (Å²) in [7, 11) is -3.41. The lowest BCUT2D eigenvalue weighted by atomic mass is 9.93. The highest BCUT2D eigenvalue weighted by molar-refractivity contribution is 8.13. The van der Waals surface area contributed by atoms with E-state index in [-0.39, 0.29) is 55.9 Å². The third kappa shape index (κ3) is 28.3. The van der Waals surface area contributed by atoms with E-state index in [9.17, 15) is 49.6 Å². The Morgan fingerprint density at radius 3 is 1.40 bits per heavy atom. The second-order valence-corrected chi connectivity index (χ2v) is 32.4. The summed E-state index contributed by atoms with van der Waals surface area (Å²) in [5, 5.41) is 8.86. The highest BCUT2D eigenvalue weighted by atomic mass is 35.7. The van der Waals surface area contributed by atoms with E-state index in [1.54, 1.807) is 12.1 Å². The van der Waals surface area contributed by atoms with Crippen molar-refractivity contribution >= 4 is 118 Å². The number of sulfonamides is 1. The van der Waals surface area contributed by atoms with Crippen molar-refractivity contribution in [3.63, 3.8) is 0 Å². The number of pyridine rings is 5. The number of ether oxygens (including phenoxy) is 2. The molecule has 3 fully saturated rings. The van der Waals surface area contributed by atoms with Gasteiger partial charge in [0.2, 0.25) is 11.9 Å². The average molecular weight is 1590 g/mol. The van der Waals surface area contributed by atoms with Gasteiger partial charge in [-0.2, -0.15) is 17.2 Å². The van der Waals surface area contributed by atoms with Gasteiger partial charge in [-0.3, -0.25) is 14.4 Å². The number of hydrogen-bond acceptors (Lipinski definition) is 20. The number of rotatable bonds is 23. The summed E-state index contributed by atoms with van der Waals surface area (Å²) in [4.78, 5) is 81.7. The van der Waals surface area contributed by atoms with Crippen LogP contribution in [0.25, 0.3) is 0 Å². The third-order valence-corrected chi connectivity index (χ3v) is 20.2. The molecule has 0 bridgehead atoms. The van der Waals surface area contributed by atoms with Crippen LogP contribution in [0.4, 0.5) is 30.0 Å². The summed E-state index contributed by atoms with van der Waals surface area (Å²) in [5.41, 5.74) is 18.5. The van der Waals surface area contributed by atoms with Gasteiger partial charge in [0.15, 0.2) is 10.1 Å². The number of carbonyl (C=O) groups is 5. The van der Waals surface area contributed by atoms with Crippen LogP contribution in [-0.2, 0) is 41.8 Å². The zero-order valence-corrected chi connectivity index (χ0v) is 64.2. The summed E-state index contributed by atoms with van der Waals surface area (Å²) >= 11 is 23.2. The smallest absolute Gasteiger partial charge is 0.407 e. The molecule has 5 amide bonds. The Labute approximate surface area is 635 Å². The normalized spacial score (nSPS) is 16.8. The molecule has 8 heterocycles. The summed E-state index contributed by atoms with van der Waals surface area (Å²) in [6.07, 6.45) is 8.04. The van der Waals surface area contributed by atoms with Crippen molar-refractivity contribution in [2.75, 3.05) is 49.1 Å². The number of aromatic nitrogens is 5. The fourth-order valence-corrected chi connectivity index (χ4v) is 14.4. The number of nitrogens with zero attached hydrogens (tertiary/aromatic N) is 7. The molecule has 0 unspecified atom stereocenters. The molecule has 0 aliphatic carbocycles. The lowest BCUT2D eigenvalue weighted by Gasteiger charge is -2.33. The maximum atomic E-state index is 13.4. The van der Waals surface area contributed by atoms with Crippen molar-refractivity contribution in [3.05, 3.63) is 194 Å². The minimum atomic E-state index is -4.38. The fraction of sp³-hybridized carbons (Fsp3) is 0.408. The Morgan fingerprint density at radius 1 is 0.543 bits per heavy atom. The molecule has 10 rings (SSSR count). The van der Waals surface area contributed by atoms with E-state index in [2.05, 4.69) is 73.5 Å². The molecule has 2 aromatic carbocycles. The largest absolute Gasteiger partial charge is 0.445 e. The number of halogens is 7. The highest BCUT2D eigenvalue weighted by Gasteiger charge is 2.42. The van der Waals surface area contributed by atoms with Crippen molar-refractivity contribution in [2.45, 2.75) is 139 Å². The number of alkyl carbamates (subject to hydrolysis) is 2. The van der Waals surface area contributed by atoms with E-state index in [1.165, 1.54) is 42.8 Å². The maximum absolute atomic E-state index is 13.4. The van der Waals surface area contributed by atoms with Crippen LogP contribution in [0.3, 0.4) is 0 Å². The van der Waals surface area contributed by atoms with Crippen LogP contribution in [0.5, 0.6) is 0 Å². The van der Waals surface area contributed by atoms with Crippen LogP contribution in [0, 0.1) is 29.6 Å². The number of carbonyl (C=O) groups excluding carboxylic acids is 5. The van der Waals surface area contributed by atoms with Crippen LogP contribution >= 0.6 is 57.1 Å². The van der Waals surface area contributed by atoms with E-state index in [1.807, 2.05) is 84.1 Å². The minimum Gasteiger partial charge on any atom is -0.445 e. The monoisotopic (exact) mass is 1590 g/mol. The fourth-order valence-electron chi connectivity index (χ4n) is 12.0. The molecule has 0 spiro atoms. The molecule has 7 aromatic rings. The van der Waals surface area contributed by atoms with Gasteiger partial charge in [0.25, 0.3) is 36.8 Å². The first-order valence-corrected chi connectivity index (χ1v) is 38.7. The summed E-state index contributed by atoms with van der Waals surface area (Å²) < 4.78 is 84.1. The van der Waals surface area contributed by atoms with Crippen molar-refractivity contribution in [1.29, 1.82) is 0 Å². The zero-order chi connectivity index (χ0) is 77.3. The van der Waals surface area contributed by atoms with Crippen LogP contribution < -0.4 is 47.7 Å². The van der Waals surface area contributed by atoms with Gasteiger partial charge in [0.1, 0.15) is 45.5 Å². The number of primary amides is 2. The Bertz CT molecular complexity index is 4320. The molecule has 5 aromatic heterocycles. The molecule has 105 heavy (non-hydrogen) atoms. The molecule has 10 N–H and O–H groups in total. The zero-order valence-electron chi connectivity index (χ0n) is 58.8. The number of hydrogen-bond donors (Lipinski definition) is 7.